The highest BCUT2D eigenvalue weighted by Gasteiger charge is 2.16. The van der Waals surface area contributed by atoms with Crippen molar-refractivity contribution >= 4 is 23.2 Å². The van der Waals surface area contributed by atoms with Crippen molar-refractivity contribution in [1.82, 2.24) is 20.2 Å². The molecule has 3 aromatic heterocycles. The van der Waals surface area contributed by atoms with Crippen LogP contribution in [0.15, 0.2) is 52.5 Å². The molecule has 0 unspecified atom stereocenters. The third-order valence-electron chi connectivity index (χ3n) is 3.54. The Morgan fingerprint density at radius 2 is 2.12 bits per heavy atom. The standard InChI is InChI=1S/C17H13N5O3S/c1-24-12-6-3-2-5-10(12)14-19-17(22-21-14)20-15(23)11-9-26-16(18-11)13-7-4-8-25-13/h2-9H,1H3,(H2,19,20,21,22,23). The molecule has 9 heteroatoms. The Morgan fingerprint density at radius 1 is 1.23 bits per heavy atom. The Balaban J connectivity index is 1.51. The highest BCUT2D eigenvalue weighted by Crippen LogP contribution is 2.27. The zero-order valence-corrected chi connectivity index (χ0v) is 14.4. The zero-order valence-electron chi connectivity index (χ0n) is 13.6. The highest BCUT2D eigenvalue weighted by atomic mass is 32.1. The van der Waals surface area contributed by atoms with Crippen LogP contribution >= 0.6 is 11.3 Å². The summed E-state index contributed by atoms with van der Waals surface area (Å²) in [5.74, 6) is 1.52. The topological polar surface area (TPSA) is 106 Å². The number of nitrogens with zero attached hydrogens (tertiary/aromatic N) is 3. The number of benzene rings is 1. The molecule has 1 aromatic carbocycles. The largest absolute Gasteiger partial charge is 0.496 e. The normalized spacial score (nSPS) is 10.7. The Labute approximate surface area is 151 Å². The molecular weight excluding hydrogens is 354 g/mol. The van der Waals surface area contributed by atoms with Crippen LogP contribution in [0.2, 0.25) is 0 Å². The predicted molar refractivity (Wildman–Crippen MR) is 96.1 cm³/mol. The molecule has 0 fully saturated rings. The maximum atomic E-state index is 12.3. The minimum absolute atomic E-state index is 0.156. The van der Waals surface area contributed by atoms with E-state index < -0.39 is 5.91 Å². The molecule has 4 aromatic rings. The van der Waals surface area contributed by atoms with E-state index in [4.69, 9.17) is 9.15 Å². The molecule has 0 aliphatic heterocycles. The minimum Gasteiger partial charge on any atom is -0.496 e. The first-order chi connectivity index (χ1) is 12.7. The van der Waals surface area contributed by atoms with Crippen molar-refractivity contribution < 1.29 is 13.9 Å². The number of anilines is 1. The van der Waals surface area contributed by atoms with E-state index in [1.807, 2.05) is 24.3 Å². The first-order valence-electron chi connectivity index (χ1n) is 7.61. The van der Waals surface area contributed by atoms with Gasteiger partial charge in [0.2, 0.25) is 5.95 Å². The number of carbonyl (C=O) groups excluding carboxylic acids is 1. The van der Waals surface area contributed by atoms with Crippen LogP contribution in [0.5, 0.6) is 5.75 Å². The molecule has 0 aliphatic rings. The number of hydrogen-bond donors (Lipinski definition) is 2. The number of aromatic nitrogens is 4. The van der Waals surface area contributed by atoms with Gasteiger partial charge in [-0.15, -0.1) is 16.4 Å². The maximum absolute atomic E-state index is 12.3. The number of methoxy groups -OCH3 is 1. The van der Waals surface area contributed by atoms with Gasteiger partial charge in [0, 0.05) is 5.38 Å². The van der Waals surface area contributed by atoms with Crippen molar-refractivity contribution in [3.63, 3.8) is 0 Å². The lowest BCUT2D eigenvalue weighted by Gasteiger charge is -2.04. The molecule has 0 bridgehead atoms. The van der Waals surface area contributed by atoms with E-state index >= 15 is 0 Å². The van der Waals surface area contributed by atoms with Crippen molar-refractivity contribution in [3.8, 4) is 27.9 Å². The summed E-state index contributed by atoms with van der Waals surface area (Å²) < 4.78 is 10.6. The fourth-order valence-corrected chi connectivity index (χ4v) is 3.10. The van der Waals surface area contributed by atoms with Gasteiger partial charge in [-0.2, -0.15) is 4.98 Å². The van der Waals surface area contributed by atoms with Gasteiger partial charge >= 0.3 is 0 Å². The number of furan rings is 1. The summed E-state index contributed by atoms with van der Waals surface area (Å²) in [6.07, 6.45) is 1.56. The number of H-pyrrole nitrogens is 1. The van der Waals surface area contributed by atoms with Gasteiger partial charge in [0.15, 0.2) is 16.6 Å². The quantitative estimate of drug-likeness (QED) is 0.560. The van der Waals surface area contributed by atoms with Gasteiger partial charge in [0.05, 0.1) is 18.9 Å². The summed E-state index contributed by atoms with van der Waals surface area (Å²) in [5.41, 5.74) is 1.02. The number of thiazole rings is 1. The van der Waals surface area contributed by atoms with Crippen molar-refractivity contribution in [2.75, 3.05) is 12.4 Å². The van der Waals surface area contributed by atoms with Gasteiger partial charge in [0.1, 0.15) is 11.4 Å². The average Bonchev–Trinajstić information content (AvgIpc) is 3.41. The molecule has 1 amide bonds. The Bertz CT molecular complexity index is 1040. The molecule has 130 valence electrons. The van der Waals surface area contributed by atoms with Crippen molar-refractivity contribution in [1.29, 1.82) is 0 Å². The molecule has 3 heterocycles. The molecule has 0 atom stereocenters. The molecule has 8 nitrogen and oxygen atoms in total. The number of ether oxygens (including phenoxy) is 1. The molecule has 0 radical (unpaired) electrons. The first kappa shape index (κ1) is 16.0. The van der Waals surface area contributed by atoms with Crippen LogP contribution in [-0.4, -0.2) is 33.2 Å². The van der Waals surface area contributed by atoms with Crippen LogP contribution in [0.4, 0.5) is 5.95 Å². The summed E-state index contributed by atoms with van der Waals surface area (Å²) in [4.78, 5) is 20.9. The zero-order chi connectivity index (χ0) is 17.9. The van der Waals surface area contributed by atoms with E-state index in [0.717, 1.165) is 5.56 Å². The Hall–Kier alpha value is -3.46. The molecule has 4 rings (SSSR count). The molecule has 0 aliphatic carbocycles. The maximum Gasteiger partial charge on any atom is 0.277 e. The third kappa shape index (κ3) is 3.07. The SMILES string of the molecule is COc1ccccc1-c1nc(NC(=O)c2csc(-c3ccco3)n2)n[nH]1. The second kappa shape index (κ2) is 6.81. The summed E-state index contributed by atoms with van der Waals surface area (Å²) in [6.45, 7) is 0. The average molecular weight is 367 g/mol. The minimum atomic E-state index is -0.398. The van der Waals surface area contributed by atoms with Crippen LogP contribution in [0.25, 0.3) is 22.2 Å². The summed E-state index contributed by atoms with van der Waals surface area (Å²) in [6, 6.07) is 11.0. The van der Waals surface area contributed by atoms with Gasteiger partial charge in [-0.25, -0.2) is 4.98 Å². The van der Waals surface area contributed by atoms with E-state index in [2.05, 4.69) is 25.5 Å². The van der Waals surface area contributed by atoms with Crippen LogP contribution < -0.4 is 10.1 Å². The summed E-state index contributed by atoms with van der Waals surface area (Å²) >= 11 is 1.32. The van der Waals surface area contributed by atoms with Gasteiger partial charge in [-0.1, -0.05) is 12.1 Å². The number of rotatable bonds is 5. The lowest BCUT2D eigenvalue weighted by Crippen LogP contribution is -2.13. The number of amides is 1. The lowest BCUT2D eigenvalue weighted by atomic mass is 10.2. The second-order valence-electron chi connectivity index (χ2n) is 5.18. The number of hydrogen-bond acceptors (Lipinski definition) is 7. The first-order valence-corrected chi connectivity index (χ1v) is 8.49. The third-order valence-corrected chi connectivity index (χ3v) is 4.40. The number of para-hydroxylation sites is 1. The van der Waals surface area contributed by atoms with Crippen LogP contribution in [0.1, 0.15) is 10.5 Å². The second-order valence-corrected chi connectivity index (χ2v) is 6.04. The van der Waals surface area contributed by atoms with E-state index in [1.165, 1.54) is 11.3 Å². The van der Waals surface area contributed by atoms with E-state index in [0.29, 0.717) is 22.3 Å². The number of nitrogens with one attached hydrogen (secondary N) is 2. The number of carbonyl (C=O) groups is 1. The predicted octanol–water partition coefficient (Wildman–Crippen LogP) is 3.45. The number of aromatic amines is 1. The fraction of sp³-hybridized carbons (Fsp3) is 0.0588. The van der Waals surface area contributed by atoms with Crippen LogP contribution in [-0.2, 0) is 0 Å². The summed E-state index contributed by atoms with van der Waals surface area (Å²) in [7, 11) is 1.58. The van der Waals surface area contributed by atoms with Crippen molar-refractivity contribution in [2.45, 2.75) is 0 Å². The molecule has 26 heavy (non-hydrogen) atoms. The Morgan fingerprint density at radius 3 is 2.92 bits per heavy atom. The van der Waals surface area contributed by atoms with E-state index in [-0.39, 0.29) is 11.6 Å². The molecule has 0 saturated carbocycles. The van der Waals surface area contributed by atoms with Crippen LogP contribution in [0.3, 0.4) is 0 Å². The van der Waals surface area contributed by atoms with Crippen LogP contribution in [0, 0.1) is 0 Å². The van der Waals surface area contributed by atoms with E-state index in [9.17, 15) is 4.79 Å². The highest BCUT2D eigenvalue weighted by molar-refractivity contribution is 7.13. The monoisotopic (exact) mass is 367 g/mol. The van der Waals surface area contributed by atoms with Crippen molar-refractivity contribution in [2.24, 2.45) is 0 Å². The Kier molecular flexibility index (Phi) is 4.20. The van der Waals surface area contributed by atoms with Gasteiger partial charge < -0.3 is 9.15 Å². The van der Waals surface area contributed by atoms with Gasteiger partial charge in [-0.05, 0) is 24.3 Å². The molecule has 0 spiro atoms. The molecular formula is C17H13N5O3S. The molecule has 0 saturated heterocycles. The lowest BCUT2D eigenvalue weighted by molar-refractivity contribution is 0.102. The van der Waals surface area contributed by atoms with Gasteiger partial charge in [-0.3, -0.25) is 15.2 Å². The fourth-order valence-electron chi connectivity index (χ4n) is 2.34. The van der Waals surface area contributed by atoms with E-state index in [1.54, 1.807) is 30.9 Å². The molecule has 2 N–H and O–H groups in total. The van der Waals surface area contributed by atoms with Crippen molar-refractivity contribution in [3.05, 3.63) is 53.7 Å². The smallest absolute Gasteiger partial charge is 0.277 e. The van der Waals surface area contributed by atoms with Gasteiger partial charge in [0.25, 0.3) is 5.91 Å². The summed E-state index contributed by atoms with van der Waals surface area (Å²) in [5, 5.41) is 11.7.